The first kappa shape index (κ1) is 35.0. The van der Waals surface area contributed by atoms with Crippen LogP contribution in [0.4, 0.5) is 0 Å². The molecule has 0 aliphatic carbocycles. The molecule has 0 bridgehead atoms. The van der Waals surface area contributed by atoms with Crippen LogP contribution in [-0.4, -0.2) is 50.8 Å². The summed E-state index contributed by atoms with van der Waals surface area (Å²) in [4.78, 5) is 58.9. The third kappa shape index (κ3) is 8.23. The Bertz CT molecular complexity index is 1690. The minimum Gasteiger partial charge on any atom is -0.550 e. The molecule has 2 aliphatic rings. The summed E-state index contributed by atoms with van der Waals surface area (Å²) in [6.07, 6.45) is -0.462. The van der Waals surface area contributed by atoms with Crippen molar-refractivity contribution in [3.05, 3.63) is 116 Å². The van der Waals surface area contributed by atoms with Crippen molar-refractivity contribution in [2.45, 2.75) is 41.1 Å². The molecule has 0 spiro atoms. The molecule has 0 radical (unpaired) electrons. The van der Waals surface area contributed by atoms with Gasteiger partial charge in [0.25, 0.3) is 5.91 Å². The van der Waals surface area contributed by atoms with Crippen molar-refractivity contribution in [1.29, 1.82) is 0 Å². The number of amides is 2. The van der Waals surface area contributed by atoms with Crippen LogP contribution in [0.25, 0.3) is 0 Å². The smallest absolute Gasteiger partial charge is 0.550 e. The molecule has 0 saturated carbocycles. The topological polar surface area (TPSA) is 129 Å². The van der Waals surface area contributed by atoms with E-state index in [0.717, 1.165) is 16.0 Å². The Hall–Kier alpha value is -2.27. The predicted molar refractivity (Wildman–Crippen MR) is 172 cm³/mol. The summed E-state index contributed by atoms with van der Waals surface area (Å²) in [7, 11) is 0. The van der Waals surface area contributed by atoms with Gasteiger partial charge in [0, 0.05) is 26.9 Å². The summed E-state index contributed by atoms with van der Waals surface area (Å²) >= 11 is 5.51. The van der Waals surface area contributed by atoms with Gasteiger partial charge in [0.2, 0.25) is 5.91 Å². The first-order valence-electron chi connectivity index (χ1n) is 14.0. The van der Waals surface area contributed by atoms with E-state index in [1.807, 2.05) is 78.2 Å². The Balaban J connectivity index is 0.00000417. The van der Waals surface area contributed by atoms with Crippen LogP contribution in [0.15, 0.2) is 98.5 Å². The van der Waals surface area contributed by atoms with Crippen molar-refractivity contribution in [2.24, 2.45) is 0 Å². The zero-order valence-electron chi connectivity index (χ0n) is 24.6. The number of thiazole rings is 1. The van der Waals surface area contributed by atoms with Crippen molar-refractivity contribution < 1.29 is 80.4 Å². The van der Waals surface area contributed by atoms with E-state index in [0.29, 0.717) is 20.7 Å². The van der Waals surface area contributed by atoms with Crippen molar-refractivity contribution in [3.63, 3.8) is 0 Å². The van der Waals surface area contributed by atoms with Gasteiger partial charge in [0.15, 0.2) is 10.4 Å². The molecule has 6 rings (SSSR count). The van der Waals surface area contributed by atoms with Gasteiger partial charge in [-0.15, -0.1) is 34.4 Å². The number of aromatic nitrogens is 1. The molecule has 9 nitrogen and oxygen atoms in total. The number of hydrogen-bond acceptors (Lipinski definition) is 11. The summed E-state index contributed by atoms with van der Waals surface area (Å²) in [5.74, 6) is -2.08. The second kappa shape index (κ2) is 16.2. The number of thioether (sulfide) groups is 2. The number of benzene rings is 2. The van der Waals surface area contributed by atoms with Crippen molar-refractivity contribution in [1.82, 2.24) is 15.2 Å². The molecule has 2 aromatic carbocycles. The number of β-lactam (4-membered cyclic amide) rings is 1. The number of carbonyl (C=O) groups is 4. The number of carboxylic acid groups (broad SMARTS) is 1. The molecule has 46 heavy (non-hydrogen) atoms. The van der Waals surface area contributed by atoms with Crippen molar-refractivity contribution >= 4 is 70.0 Å². The van der Waals surface area contributed by atoms with Crippen LogP contribution in [0.5, 0.6) is 0 Å². The number of thiophene rings is 1. The van der Waals surface area contributed by atoms with E-state index in [1.54, 1.807) is 5.38 Å². The Labute approximate surface area is 324 Å². The van der Waals surface area contributed by atoms with Crippen LogP contribution in [0.3, 0.4) is 0 Å². The minimum absolute atomic E-state index is 0. The second-order valence-electron chi connectivity index (χ2n) is 10.2. The molecule has 1 N–H and O–H groups in total. The SMILES string of the molecule is O=C([O-])CCc1csc(SC2=C(C(=O)OC(c3ccccc3)c3ccccc3)N3C(=O)[C@@H](NC(=O)Cc4cccs4)[C@@H]3SC2)n1.[K+]. The number of hydrogen-bond donors (Lipinski definition) is 1. The molecule has 4 aromatic rings. The summed E-state index contributed by atoms with van der Waals surface area (Å²) < 4.78 is 6.81. The number of esters is 1. The van der Waals surface area contributed by atoms with Crippen LogP contribution < -0.4 is 61.8 Å². The Kier molecular flexibility index (Phi) is 12.4. The second-order valence-corrected chi connectivity index (χ2v) is 14.5. The fourth-order valence-electron chi connectivity index (χ4n) is 4.99. The van der Waals surface area contributed by atoms with E-state index in [2.05, 4.69) is 10.3 Å². The summed E-state index contributed by atoms with van der Waals surface area (Å²) in [6, 6.07) is 21.7. The van der Waals surface area contributed by atoms with E-state index < -0.39 is 29.5 Å². The van der Waals surface area contributed by atoms with Gasteiger partial charge in [-0.25, -0.2) is 9.78 Å². The fourth-order valence-corrected chi connectivity index (χ4v) is 9.19. The quantitative estimate of drug-likeness (QED) is 0.131. The van der Waals surface area contributed by atoms with Crippen LogP contribution in [0.2, 0.25) is 0 Å². The number of nitrogens with zero attached hydrogens (tertiary/aromatic N) is 2. The number of aryl methyl sites for hydroxylation is 1. The average Bonchev–Trinajstić information content (AvgIpc) is 3.74. The maximum Gasteiger partial charge on any atom is 1.00 e. The zero-order chi connectivity index (χ0) is 31.3. The van der Waals surface area contributed by atoms with Gasteiger partial charge in [-0.2, -0.15) is 0 Å². The molecular weight excluding hydrogens is 690 g/mol. The third-order valence-electron chi connectivity index (χ3n) is 7.11. The van der Waals surface area contributed by atoms with Crippen molar-refractivity contribution in [3.8, 4) is 0 Å². The van der Waals surface area contributed by atoms with E-state index >= 15 is 0 Å². The van der Waals surface area contributed by atoms with Gasteiger partial charge in [0.05, 0.1) is 12.1 Å². The van der Waals surface area contributed by atoms with E-state index in [1.165, 1.54) is 51.1 Å². The summed E-state index contributed by atoms with van der Waals surface area (Å²) in [5.41, 5.74) is 2.29. The zero-order valence-corrected chi connectivity index (χ0v) is 31.0. The number of carboxylic acids is 1. The summed E-state index contributed by atoms with van der Waals surface area (Å²) in [5, 5.41) is 17.0. The summed E-state index contributed by atoms with van der Waals surface area (Å²) in [6.45, 7) is 0. The van der Waals surface area contributed by atoms with Gasteiger partial charge in [-0.3, -0.25) is 14.5 Å². The fraction of sp³-hybridized carbons (Fsp3) is 0.219. The standard InChI is InChI=1S/C32H27N3O6S4.K/c36-24(16-22-12-7-15-42-22)34-26-29(39)35-27(23(18-43-30(26)35)45-32-33-21(17-44-32)13-14-25(37)38)31(40)41-28(19-8-3-1-4-9-19)20-10-5-2-6-11-20;/h1-12,15,17,26,28,30H,13-14,16,18H2,(H,34,36)(H,37,38);/q;+1/p-1/t26-,30+;/m1./s1. The minimum atomic E-state index is -1.15. The van der Waals surface area contributed by atoms with E-state index in [9.17, 15) is 24.3 Å². The molecule has 4 heterocycles. The number of rotatable bonds is 12. The molecule has 0 unspecified atom stereocenters. The normalized spacial score (nSPS) is 17.2. The average molecular weight is 716 g/mol. The molecule has 2 aromatic heterocycles. The molecule has 2 amide bonds. The van der Waals surface area contributed by atoms with Crippen LogP contribution in [0.1, 0.15) is 34.2 Å². The van der Waals surface area contributed by atoms with Crippen molar-refractivity contribution in [2.75, 3.05) is 5.75 Å². The largest absolute Gasteiger partial charge is 1.00 e. The predicted octanol–water partition coefficient (Wildman–Crippen LogP) is 1.17. The molecule has 2 atom stereocenters. The van der Waals surface area contributed by atoms with Crippen LogP contribution in [-0.2, 0) is 36.8 Å². The number of nitrogens with one attached hydrogen (secondary N) is 1. The molecule has 230 valence electrons. The maximum atomic E-state index is 14.1. The van der Waals surface area contributed by atoms with Gasteiger partial charge >= 0.3 is 57.4 Å². The number of aliphatic carboxylic acids is 1. The van der Waals surface area contributed by atoms with Gasteiger partial charge < -0.3 is 20.0 Å². The molecule has 2 aliphatic heterocycles. The van der Waals surface area contributed by atoms with Gasteiger partial charge in [-0.1, -0.05) is 78.5 Å². The number of ether oxygens (including phenoxy) is 1. The van der Waals surface area contributed by atoms with E-state index in [-0.39, 0.29) is 88.2 Å². The monoisotopic (exact) mass is 715 g/mol. The third-order valence-corrected chi connectivity index (χ3v) is 11.5. The Morgan fingerprint density at radius 2 is 1.72 bits per heavy atom. The molecular formula is C32H26KN3O6S4. The maximum absolute atomic E-state index is 14.1. The van der Waals surface area contributed by atoms with Crippen LogP contribution in [0, 0.1) is 0 Å². The van der Waals surface area contributed by atoms with E-state index in [4.69, 9.17) is 4.74 Å². The van der Waals surface area contributed by atoms with Crippen LogP contribution >= 0.6 is 46.2 Å². The first-order chi connectivity index (χ1) is 21.9. The number of carbonyl (C=O) groups excluding carboxylic acids is 4. The molecule has 1 saturated heterocycles. The Morgan fingerprint density at radius 1 is 1.02 bits per heavy atom. The van der Waals surface area contributed by atoms with Gasteiger partial charge in [0.1, 0.15) is 17.1 Å². The molecule has 1 fully saturated rings. The molecule has 14 heteroatoms. The number of fused-ring (bicyclic) bond motifs is 1. The Morgan fingerprint density at radius 3 is 2.35 bits per heavy atom. The van der Waals surface area contributed by atoms with Gasteiger partial charge in [-0.05, 0) is 35.4 Å². The first-order valence-corrected chi connectivity index (χ1v) is 17.6.